The number of aliphatic hydroxyl groups is 1. The van der Waals surface area contributed by atoms with Gasteiger partial charge < -0.3 is 10.0 Å². The minimum atomic E-state index is -0.240. The van der Waals surface area contributed by atoms with Crippen LogP contribution in [0.25, 0.3) is 0 Å². The summed E-state index contributed by atoms with van der Waals surface area (Å²) in [5.41, 5.74) is 1.51. The van der Waals surface area contributed by atoms with Crippen LogP contribution in [0.5, 0.6) is 0 Å². The molecular formula is C19H27N3O2. The molecule has 3 heterocycles. The number of carbonyl (C=O) groups is 1. The average Bonchev–Trinajstić information content (AvgIpc) is 3.23. The molecule has 1 aliphatic carbocycles. The number of carbonyl (C=O) groups excluding carboxylic acids is 1. The van der Waals surface area contributed by atoms with E-state index >= 15 is 0 Å². The molecule has 5 heteroatoms. The zero-order chi connectivity index (χ0) is 16.7. The summed E-state index contributed by atoms with van der Waals surface area (Å²) in [4.78, 5) is 21.5. The number of amides is 1. The standard InChI is InChI=1S/C19H27N3O2/c1-13-5-4-6-20-18(13)19(24)22-11-14-9-16(21-7-2-3-8-21)17(23)10-15(14)12-22/h4-6,14-17,23H,2-3,7-12H2,1H3/t14-,15+,16-,17-/m1/s1. The number of pyridine rings is 1. The highest BCUT2D eigenvalue weighted by Gasteiger charge is 2.45. The molecule has 3 aliphatic rings. The SMILES string of the molecule is Cc1cccnc1C(=O)N1C[C@H]2C[C@@H](N3CCCC3)[C@H](O)C[C@H]2C1. The Labute approximate surface area is 143 Å². The van der Waals surface area contributed by atoms with Crippen LogP contribution in [0.15, 0.2) is 18.3 Å². The lowest BCUT2D eigenvalue weighted by Gasteiger charge is -2.40. The number of aromatic nitrogens is 1. The van der Waals surface area contributed by atoms with Crippen molar-refractivity contribution in [2.75, 3.05) is 26.2 Å². The lowest BCUT2D eigenvalue weighted by Crippen LogP contribution is -2.48. The van der Waals surface area contributed by atoms with E-state index < -0.39 is 0 Å². The molecule has 0 unspecified atom stereocenters. The van der Waals surface area contributed by atoms with Gasteiger partial charge in [0.2, 0.25) is 0 Å². The normalized spacial score (nSPS) is 33.7. The number of nitrogens with zero attached hydrogens (tertiary/aromatic N) is 3. The largest absolute Gasteiger partial charge is 0.391 e. The van der Waals surface area contributed by atoms with Gasteiger partial charge in [-0.1, -0.05) is 6.07 Å². The van der Waals surface area contributed by atoms with Crippen LogP contribution in [-0.2, 0) is 0 Å². The molecule has 1 aromatic heterocycles. The Bertz CT molecular complexity index is 614. The summed E-state index contributed by atoms with van der Waals surface area (Å²) in [7, 11) is 0. The summed E-state index contributed by atoms with van der Waals surface area (Å²) in [6.07, 6.45) is 5.81. The van der Waals surface area contributed by atoms with Gasteiger partial charge in [0.1, 0.15) is 5.69 Å². The van der Waals surface area contributed by atoms with Crippen molar-refractivity contribution < 1.29 is 9.90 Å². The van der Waals surface area contributed by atoms with Gasteiger partial charge in [-0.3, -0.25) is 14.7 Å². The zero-order valence-corrected chi connectivity index (χ0v) is 14.4. The second-order valence-electron chi connectivity index (χ2n) is 7.75. The molecule has 24 heavy (non-hydrogen) atoms. The summed E-state index contributed by atoms with van der Waals surface area (Å²) >= 11 is 0. The summed E-state index contributed by atoms with van der Waals surface area (Å²) in [6.45, 7) is 5.76. The summed E-state index contributed by atoms with van der Waals surface area (Å²) < 4.78 is 0. The van der Waals surface area contributed by atoms with Crippen molar-refractivity contribution in [3.8, 4) is 0 Å². The minimum Gasteiger partial charge on any atom is -0.391 e. The first kappa shape index (κ1) is 16.0. The Balaban J connectivity index is 1.46. The Hall–Kier alpha value is -1.46. The van der Waals surface area contributed by atoms with Gasteiger partial charge in [0.15, 0.2) is 0 Å². The van der Waals surface area contributed by atoms with Crippen molar-refractivity contribution in [2.45, 2.75) is 44.8 Å². The summed E-state index contributed by atoms with van der Waals surface area (Å²) in [5.74, 6) is 1.01. The highest BCUT2D eigenvalue weighted by molar-refractivity contribution is 5.93. The highest BCUT2D eigenvalue weighted by Crippen LogP contribution is 2.39. The third-order valence-electron chi connectivity index (χ3n) is 6.22. The van der Waals surface area contributed by atoms with Gasteiger partial charge in [0.05, 0.1) is 6.10 Å². The monoisotopic (exact) mass is 329 g/mol. The fourth-order valence-corrected chi connectivity index (χ4v) is 4.90. The molecule has 1 saturated carbocycles. The van der Waals surface area contributed by atoms with Gasteiger partial charge in [0, 0.05) is 25.3 Å². The second kappa shape index (κ2) is 6.45. The Morgan fingerprint density at radius 1 is 1.21 bits per heavy atom. The number of rotatable bonds is 2. The number of aliphatic hydroxyl groups excluding tert-OH is 1. The van der Waals surface area contributed by atoms with E-state index in [1.807, 2.05) is 24.0 Å². The van der Waals surface area contributed by atoms with Gasteiger partial charge >= 0.3 is 0 Å². The maximum atomic E-state index is 12.8. The van der Waals surface area contributed by atoms with Crippen LogP contribution < -0.4 is 0 Å². The quantitative estimate of drug-likeness (QED) is 0.897. The predicted octanol–water partition coefficient (Wildman–Crippen LogP) is 1.70. The topological polar surface area (TPSA) is 56.7 Å². The van der Waals surface area contributed by atoms with E-state index in [4.69, 9.17) is 0 Å². The fourth-order valence-electron chi connectivity index (χ4n) is 4.90. The molecule has 0 bridgehead atoms. The first-order valence-corrected chi connectivity index (χ1v) is 9.26. The first-order chi connectivity index (χ1) is 11.6. The lowest BCUT2D eigenvalue weighted by atomic mass is 9.77. The van der Waals surface area contributed by atoms with E-state index in [1.165, 1.54) is 12.8 Å². The molecule has 1 amide bonds. The van der Waals surface area contributed by atoms with Crippen molar-refractivity contribution in [1.82, 2.24) is 14.8 Å². The molecular weight excluding hydrogens is 302 g/mol. The Morgan fingerprint density at radius 3 is 2.62 bits per heavy atom. The molecule has 130 valence electrons. The zero-order valence-electron chi connectivity index (χ0n) is 14.4. The molecule has 0 radical (unpaired) electrons. The summed E-state index contributed by atoms with van der Waals surface area (Å²) in [6, 6.07) is 4.10. The van der Waals surface area contributed by atoms with Gasteiger partial charge in [-0.15, -0.1) is 0 Å². The van der Waals surface area contributed by atoms with Crippen molar-refractivity contribution in [3.63, 3.8) is 0 Å². The third kappa shape index (κ3) is 2.84. The molecule has 2 saturated heterocycles. The van der Waals surface area contributed by atoms with E-state index in [2.05, 4.69) is 9.88 Å². The van der Waals surface area contributed by atoms with Crippen LogP contribution in [0.4, 0.5) is 0 Å². The molecule has 1 aromatic rings. The van der Waals surface area contributed by atoms with Gasteiger partial charge in [-0.2, -0.15) is 0 Å². The lowest BCUT2D eigenvalue weighted by molar-refractivity contribution is -0.000864. The van der Waals surface area contributed by atoms with Crippen LogP contribution >= 0.6 is 0 Å². The number of aryl methyl sites for hydroxylation is 1. The molecule has 4 rings (SSSR count). The second-order valence-corrected chi connectivity index (χ2v) is 7.75. The molecule has 3 fully saturated rings. The van der Waals surface area contributed by atoms with E-state index in [9.17, 15) is 9.90 Å². The smallest absolute Gasteiger partial charge is 0.272 e. The Morgan fingerprint density at radius 2 is 1.92 bits per heavy atom. The fraction of sp³-hybridized carbons (Fsp3) is 0.684. The van der Waals surface area contributed by atoms with Crippen LogP contribution in [0, 0.1) is 18.8 Å². The van der Waals surface area contributed by atoms with E-state index in [1.54, 1.807) is 6.20 Å². The van der Waals surface area contributed by atoms with Crippen LogP contribution in [0.1, 0.15) is 41.7 Å². The van der Waals surface area contributed by atoms with Crippen molar-refractivity contribution in [1.29, 1.82) is 0 Å². The molecule has 4 atom stereocenters. The first-order valence-electron chi connectivity index (χ1n) is 9.26. The van der Waals surface area contributed by atoms with Crippen LogP contribution in [0.3, 0.4) is 0 Å². The maximum absolute atomic E-state index is 12.8. The molecule has 0 aromatic carbocycles. The van der Waals surface area contributed by atoms with E-state index in [0.717, 1.165) is 44.6 Å². The van der Waals surface area contributed by atoms with E-state index in [-0.39, 0.29) is 12.0 Å². The van der Waals surface area contributed by atoms with Crippen LogP contribution in [0.2, 0.25) is 0 Å². The predicted molar refractivity (Wildman–Crippen MR) is 91.7 cm³/mol. The third-order valence-corrected chi connectivity index (χ3v) is 6.22. The molecule has 5 nitrogen and oxygen atoms in total. The van der Waals surface area contributed by atoms with E-state index in [0.29, 0.717) is 23.6 Å². The van der Waals surface area contributed by atoms with Crippen molar-refractivity contribution >= 4 is 5.91 Å². The van der Waals surface area contributed by atoms with Crippen LogP contribution in [-0.4, -0.2) is 64.1 Å². The van der Waals surface area contributed by atoms with Gasteiger partial charge in [-0.05, 0) is 69.2 Å². The number of hydrogen-bond donors (Lipinski definition) is 1. The number of hydrogen-bond acceptors (Lipinski definition) is 4. The molecule has 0 spiro atoms. The van der Waals surface area contributed by atoms with Crippen molar-refractivity contribution in [2.24, 2.45) is 11.8 Å². The summed E-state index contributed by atoms with van der Waals surface area (Å²) in [5, 5.41) is 10.6. The maximum Gasteiger partial charge on any atom is 0.272 e. The number of fused-ring (bicyclic) bond motifs is 1. The van der Waals surface area contributed by atoms with Crippen molar-refractivity contribution in [3.05, 3.63) is 29.6 Å². The van der Waals surface area contributed by atoms with Gasteiger partial charge in [-0.25, -0.2) is 0 Å². The molecule has 1 N–H and O–H groups in total. The minimum absolute atomic E-state index is 0.0507. The highest BCUT2D eigenvalue weighted by atomic mass is 16.3. The average molecular weight is 329 g/mol. The Kier molecular flexibility index (Phi) is 4.31. The number of likely N-dealkylation sites (tertiary alicyclic amines) is 2. The molecule has 2 aliphatic heterocycles. The van der Waals surface area contributed by atoms with Gasteiger partial charge in [0.25, 0.3) is 5.91 Å².